The Morgan fingerprint density at radius 3 is 2.95 bits per heavy atom. The number of thioether (sulfide) groups is 1. The van der Waals surface area contributed by atoms with Crippen LogP contribution in [0.2, 0.25) is 0 Å². The first-order valence-corrected chi connectivity index (χ1v) is 7.60. The number of hydrogen-bond donors (Lipinski definition) is 1. The Kier molecular flexibility index (Phi) is 5.26. The number of tetrazole rings is 1. The molecule has 1 N–H and O–H groups in total. The van der Waals surface area contributed by atoms with Crippen LogP contribution in [-0.2, 0) is 18.3 Å². The minimum Gasteiger partial charge on any atom is -0.353 e. The van der Waals surface area contributed by atoms with E-state index in [1.54, 1.807) is 7.05 Å². The van der Waals surface area contributed by atoms with Crippen molar-refractivity contribution in [1.82, 2.24) is 30.5 Å². The van der Waals surface area contributed by atoms with E-state index in [2.05, 4.69) is 25.8 Å². The average molecular weight is 306 g/mol. The Bertz CT molecular complexity index is 614. The smallest absolute Gasteiger partial charge is 0.230 e. The average Bonchev–Trinajstić information content (AvgIpc) is 2.81. The first-order valence-electron chi connectivity index (χ1n) is 6.61. The fraction of sp³-hybridized carbons (Fsp3) is 0.462. The van der Waals surface area contributed by atoms with Gasteiger partial charge in [0, 0.05) is 30.9 Å². The molecule has 0 saturated heterocycles. The standard InChI is InChI=1S/C13H18N6OS/c1-9-5-4-6-11(14-9)7-10(2)15-12(20)8-21-13-16-17-18-19(13)3/h4-6,10H,7-8H2,1-3H3,(H,15,20)/t10-/m1/s1. The highest BCUT2D eigenvalue weighted by Gasteiger charge is 2.11. The Morgan fingerprint density at radius 1 is 1.48 bits per heavy atom. The number of nitrogens with one attached hydrogen (secondary N) is 1. The van der Waals surface area contributed by atoms with Gasteiger partial charge in [0.2, 0.25) is 11.1 Å². The largest absolute Gasteiger partial charge is 0.353 e. The van der Waals surface area contributed by atoms with Crippen molar-refractivity contribution in [3.8, 4) is 0 Å². The Hall–Kier alpha value is -1.96. The topological polar surface area (TPSA) is 85.6 Å². The van der Waals surface area contributed by atoms with Crippen LogP contribution in [0.15, 0.2) is 23.4 Å². The lowest BCUT2D eigenvalue weighted by Crippen LogP contribution is -2.35. The molecule has 0 saturated carbocycles. The predicted octanol–water partition coefficient (Wildman–Crippen LogP) is 0.753. The van der Waals surface area contributed by atoms with Crippen molar-refractivity contribution in [2.24, 2.45) is 7.05 Å². The molecule has 0 unspecified atom stereocenters. The molecule has 1 atom stereocenters. The number of amides is 1. The van der Waals surface area contributed by atoms with E-state index in [1.165, 1.54) is 16.4 Å². The summed E-state index contributed by atoms with van der Waals surface area (Å²) in [6.45, 7) is 3.93. The van der Waals surface area contributed by atoms with Crippen molar-refractivity contribution in [1.29, 1.82) is 0 Å². The maximum Gasteiger partial charge on any atom is 0.230 e. The molecule has 7 nitrogen and oxygen atoms in total. The van der Waals surface area contributed by atoms with Crippen LogP contribution in [-0.4, -0.2) is 42.9 Å². The van der Waals surface area contributed by atoms with Gasteiger partial charge >= 0.3 is 0 Å². The molecule has 0 spiro atoms. The molecular weight excluding hydrogens is 288 g/mol. The Labute approximate surface area is 127 Å². The second-order valence-corrected chi connectivity index (χ2v) is 5.76. The summed E-state index contributed by atoms with van der Waals surface area (Å²) in [7, 11) is 1.74. The van der Waals surface area contributed by atoms with Gasteiger partial charge in [0.05, 0.1) is 5.75 Å². The number of aromatic nitrogens is 5. The number of nitrogens with zero attached hydrogens (tertiary/aromatic N) is 5. The second kappa shape index (κ2) is 7.16. The number of rotatable bonds is 6. The minimum atomic E-state index is -0.0387. The number of aryl methyl sites for hydroxylation is 2. The van der Waals surface area contributed by atoms with E-state index in [9.17, 15) is 4.79 Å². The summed E-state index contributed by atoms with van der Waals surface area (Å²) < 4.78 is 1.54. The number of pyridine rings is 1. The van der Waals surface area contributed by atoms with Crippen molar-refractivity contribution in [3.05, 3.63) is 29.6 Å². The zero-order chi connectivity index (χ0) is 15.2. The third kappa shape index (κ3) is 4.82. The van der Waals surface area contributed by atoms with E-state index in [1.807, 2.05) is 32.0 Å². The van der Waals surface area contributed by atoms with E-state index >= 15 is 0 Å². The molecule has 0 aromatic carbocycles. The summed E-state index contributed by atoms with van der Waals surface area (Å²) in [5.74, 6) is 0.253. The van der Waals surface area contributed by atoms with Crippen LogP contribution in [0.1, 0.15) is 18.3 Å². The van der Waals surface area contributed by atoms with Gasteiger partial charge in [-0.1, -0.05) is 17.8 Å². The van der Waals surface area contributed by atoms with Gasteiger partial charge in [-0.25, -0.2) is 4.68 Å². The van der Waals surface area contributed by atoms with Crippen molar-refractivity contribution < 1.29 is 4.79 Å². The molecule has 21 heavy (non-hydrogen) atoms. The molecule has 0 bridgehead atoms. The fourth-order valence-electron chi connectivity index (χ4n) is 1.87. The van der Waals surface area contributed by atoms with Crippen LogP contribution >= 0.6 is 11.8 Å². The molecule has 0 aliphatic heterocycles. The molecule has 0 aliphatic carbocycles. The molecule has 2 aromatic rings. The van der Waals surface area contributed by atoms with Crippen LogP contribution in [0.25, 0.3) is 0 Å². The van der Waals surface area contributed by atoms with Crippen LogP contribution in [0.5, 0.6) is 0 Å². The zero-order valence-corrected chi connectivity index (χ0v) is 13.1. The monoisotopic (exact) mass is 306 g/mol. The third-order valence-corrected chi connectivity index (χ3v) is 3.79. The highest BCUT2D eigenvalue weighted by atomic mass is 32.2. The maximum atomic E-state index is 11.9. The number of carbonyl (C=O) groups excluding carboxylic acids is 1. The van der Waals surface area contributed by atoms with Crippen LogP contribution in [0.4, 0.5) is 0 Å². The summed E-state index contributed by atoms with van der Waals surface area (Å²) in [5.41, 5.74) is 1.96. The molecule has 2 aromatic heterocycles. The molecule has 0 aliphatic rings. The molecule has 0 radical (unpaired) electrons. The van der Waals surface area contributed by atoms with Gasteiger partial charge in [0.1, 0.15) is 0 Å². The normalized spacial score (nSPS) is 12.1. The van der Waals surface area contributed by atoms with Gasteiger partial charge in [0.15, 0.2) is 0 Å². The summed E-state index contributed by atoms with van der Waals surface area (Å²) in [6, 6.07) is 5.93. The molecular formula is C13H18N6OS. The summed E-state index contributed by atoms with van der Waals surface area (Å²) >= 11 is 1.31. The highest BCUT2D eigenvalue weighted by molar-refractivity contribution is 7.99. The maximum absolute atomic E-state index is 11.9. The highest BCUT2D eigenvalue weighted by Crippen LogP contribution is 2.11. The molecule has 0 fully saturated rings. The van der Waals surface area contributed by atoms with E-state index in [-0.39, 0.29) is 11.9 Å². The van der Waals surface area contributed by atoms with Gasteiger partial charge in [-0.3, -0.25) is 9.78 Å². The minimum absolute atomic E-state index is 0.0324. The Balaban J connectivity index is 1.78. The lowest BCUT2D eigenvalue weighted by molar-refractivity contribution is -0.119. The second-order valence-electron chi connectivity index (χ2n) is 4.82. The van der Waals surface area contributed by atoms with E-state index in [0.29, 0.717) is 17.3 Å². The first-order chi connectivity index (χ1) is 10.0. The van der Waals surface area contributed by atoms with Crippen LogP contribution < -0.4 is 5.32 Å². The van der Waals surface area contributed by atoms with Crippen molar-refractivity contribution in [3.63, 3.8) is 0 Å². The summed E-state index contributed by atoms with van der Waals surface area (Å²) in [4.78, 5) is 16.3. The number of hydrogen-bond acceptors (Lipinski definition) is 6. The molecule has 112 valence electrons. The van der Waals surface area contributed by atoms with Gasteiger partial charge in [-0.05, 0) is 36.4 Å². The van der Waals surface area contributed by atoms with Crippen molar-refractivity contribution >= 4 is 17.7 Å². The zero-order valence-electron chi connectivity index (χ0n) is 12.3. The Morgan fingerprint density at radius 2 is 2.29 bits per heavy atom. The SMILES string of the molecule is Cc1cccc(C[C@@H](C)NC(=O)CSc2nnnn2C)n1. The lowest BCUT2D eigenvalue weighted by atomic mass is 10.1. The predicted molar refractivity (Wildman–Crippen MR) is 79.8 cm³/mol. The molecule has 2 rings (SSSR count). The van der Waals surface area contributed by atoms with E-state index in [0.717, 1.165) is 11.4 Å². The molecule has 8 heteroatoms. The van der Waals surface area contributed by atoms with Crippen LogP contribution in [0.3, 0.4) is 0 Å². The third-order valence-electron chi connectivity index (χ3n) is 2.78. The van der Waals surface area contributed by atoms with Crippen molar-refractivity contribution in [2.75, 3.05) is 5.75 Å². The summed E-state index contributed by atoms with van der Waals surface area (Å²) in [5, 5.41) is 14.6. The quantitative estimate of drug-likeness (QED) is 0.793. The fourth-order valence-corrected chi connectivity index (χ4v) is 2.53. The summed E-state index contributed by atoms with van der Waals surface area (Å²) in [6.07, 6.45) is 0.712. The van der Waals surface area contributed by atoms with Gasteiger partial charge < -0.3 is 5.32 Å². The van der Waals surface area contributed by atoms with Crippen LogP contribution in [0, 0.1) is 6.92 Å². The first kappa shape index (κ1) is 15.4. The van der Waals surface area contributed by atoms with Crippen molar-refractivity contribution in [2.45, 2.75) is 31.5 Å². The molecule has 2 heterocycles. The van der Waals surface area contributed by atoms with E-state index in [4.69, 9.17) is 0 Å². The van der Waals surface area contributed by atoms with E-state index < -0.39 is 0 Å². The lowest BCUT2D eigenvalue weighted by Gasteiger charge is -2.13. The van der Waals surface area contributed by atoms with Gasteiger partial charge in [-0.2, -0.15) is 0 Å². The number of carbonyl (C=O) groups is 1. The molecule has 1 amide bonds. The van der Waals surface area contributed by atoms with Gasteiger partial charge in [-0.15, -0.1) is 5.10 Å². The van der Waals surface area contributed by atoms with Gasteiger partial charge in [0.25, 0.3) is 0 Å².